The second-order valence-corrected chi connectivity index (χ2v) is 9.23. The molecule has 1 aliphatic rings. The SMILES string of the molecule is Cc1cc(/C(CC(c2ccc(C(=O)NC3CCOCC3)c(F)c2)c2ccccc2Cl)=N/O)c[nH]c1=O. The van der Waals surface area contributed by atoms with Crippen LogP contribution in [0.15, 0.2) is 64.7 Å². The molecule has 4 rings (SSSR count). The van der Waals surface area contributed by atoms with Crippen molar-refractivity contribution >= 4 is 23.2 Å². The number of rotatable bonds is 7. The summed E-state index contributed by atoms with van der Waals surface area (Å²) in [5.41, 5.74) is 2.27. The Morgan fingerprint density at radius 1 is 1.25 bits per heavy atom. The highest BCUT2D eigenvalue weighted by Gasteiger charge is 2.24. The number of oxime groups is 1. The molecule has 7 nitrogen and oxygen atoms in total. The lowest BCUT2D eigenvalue weighted by atomic mass is 9.85. The summed E-state index contributed by atoms with van der Waals surface area (Å²) in [4.78, 5) is 27.1. The number of amides is 1. The van der Waals surface area contributed by atoms with E-state index >= 15 is 4.39 Å². The van der Waals surface area contributed by atoms with Crippen molar-refractivity contribution in [2.24, 2.45) is 5.16 Å². The van der Waals surface area contributed by atoms with Crippen LogP contribution in [0.4, 0.5) is 4.39 Å². The van der Waals surface area contributed by atoms with Crippen molar-refractivity contribution in [2.75, 3.05) is 13.2 Å². The Kier molecular flexibility index (Phi) is 8.18. The first-order chi connectivity index (χ1) is 17.4. The minimum absolute atomic E-state index is 0.0459. The highest BCUT2D eigenvalue weighted by atomic mass is 35.5. The maximum atomic E-state index is 15.2. The maximum absolute atomic E-state index is 15.2. The summed E-state index contributed by atoms with van der Waals surface area (Å²) in [6.07, 6.45) is 3.01. The van der Waals surface area contributed by atoms with E-state index in [1.807, 2.05) is 12.1 Å². The van der Waals surface area contributed by atoms with Crippen molar-refractivity contribution in [3.63, 3.8) is 0 Å². The largest absolute Gasteiger partial charge is 0.411 e. The van der Waals surface area contributed by atoms with Crippen molar-refractivity contribution in [2.45, 2.75) is 38.1 Å². The van der Waals surface area contributed by atoms with Crippen LogP contribution < -0.4 is 10.9 Å². The molecule has 1 atom stereocenters. The van der Waals surface area contributed by atoms with Gasteiger partial charge in [0.05, 0.1) is 11.3 Å². The van der Waals surface area contributed by atoms with Gasteiger partial charge < -0.3 is 20.2 Å². The summed E-state index contributed by atoms with van der Waals surface area (Å²) in [6.45, 7) is 2.78. The lowest BCUT2D eigenvalue weighted by Gasteiger charge is -2.23. The molecular formula is C27H27ClFN3O4. The molecule has 9 heteroatoms. The molecule has 3 aromatic rings. The van der Waals surface area contributed by atoms with Gasteiger partial charge in [-0.15, -0.1) is 0 Å². The van der Waals surface area contributed by atoms with Gasteiger partial charge in [-0.3, -0.25) is 9.59 Å². The average molecular weight is 512 g/mol. The fourth-order valence-corrected chi connectivity index (χ4v) is 4.64. The predicted octanol–water partition coefficient (Wildman–Crippen LogP) is 4.79. The van der Waals surface area contributed by atoms with E-state index in [9.17, 15) is 14.8 Å². The molecule has 1 unspecified atom stereocenters. The standard InChI is InChI=1S/C27H27ClFN3O4/c1-16-12-18(15-30-26(16)33)25(32-35)14-22(20-4-2-3-5-23(20)28)17-6-7-21(24(29)13-17)27(34)31-19-8-10-36-11-9-19/h2-7,12-13,15,19,22,35H,8-11,14H2,1H3,(H,30,33)(H,31,34)/b32-25+. The third-order valence-electron chi connectivity index (χ3n) is 6.42. The summed E-state index contributed by atoms with van der Waals surface area (Å²) < 4.78 is 20.5. The Morgan fingerprint density at radius 2 is 2.00 bits per heavy atom. The molecule has 0 radical (unpaired) electrons. The Morgan fingerprint density at radius 3 is 2.67 bits per heavy atom. The molecule has 188 valence electrons. The summed E-state index contributed by atoms with van der Waals surface area (Å²) >= 11 is 6.50. The highest BCUT2D eigenvalue weighted by molar-refractivity contribution is 6.31. The number of aromatic amines is 1. The molecule has 3 N–H and O–H groups in total. The Bertz CT molecular complexity index is 1330. The molecule has 0 bridgehead atoms. The lowest BCUT2D eigenvalue weighted by molar-refractivity contribution is 0.0694. The summed E-state index contributed by atoms with van der Waals surface area (Å²) in [7, 11) is 0. The summed E-state index contributed by atoms with van der Waals surface area (Å²) in [6, 6.07) is 13.2. The van der Waals surface area contributed by atoms with Crippen LogP contribution in [-0.2, 0) is 4.74 Å². The molecule has 0 spiro atoms. The van der Waals surface area contributed by atoms with Gasteiger partial charge in [-0.2, -0.15) is 0 Å². The Labute approximate surface area is 213 Å². The number of carbonyl (C=O) groups is 1. The molecule has 36 heavy (non-hydrogen) atoms. The molecule has 1 fully saturated rings. The van der Waals surface area contributed by atoms with Crippen LogP contribution in [0.3, 0.4) is 0 Å². The monoisotopic (exact) mass is 511 g/mol. The molecule has 1 aromatic heterocycles. The molecule has 2 aromatic carbocycles. The summed E-state index contributed by atoms with van der Waals surface area (Å²) in [5, 5.41) is 16.6. The van der Waals surface area contributed by atoms with Gasteiger partial charge in [-0.25, -0.2) is 4.39 Å². The van der Waals surface area contributed by atoms with E-state index in [4.69, 9.17) is 16.3 Å². The minimum atomic E-state index is -0.656. The van der Waals surface area contributed by atoms with E-state index in [-0.39, 0.29) is 23.6 Å². The number of H-pyrrole nitrogens is 1. The third-order valence-corrected chi connectivity index (χ3v) is 6.76. The summed E-state index contributed by atoms with van der Waals surface area (Å²) in [5.74, 6) is -1.61. The Balaban J connectivity index is 1.66. The quantitative estimate of drug-likeness (QED) is 0.241. The molecule has 1 amide bonds. The van der Waals surface area contributed by atoms with Crippen LogP contribution in [0.1, 0.15) is 57.8 Å². The first kappa shape index (κ1) is 25.6. The van der Waals surface area contributed by atoms with Crippen molar-refractivity contribution in [1.82, 2.24) is 10.3 Å². The van der Waals surface area contributed by atoms with Gasteiger partial charge in [0.1, 0.15) is 5.82 Å². The van der Waals surface area contributed by atoms with E-state index in [0.717, 1.165) is 0 Å². The number of hydrogen-bond donors (Lipinski definition) is 3. The topological polar surface area (TPSA) is 104 Å². The van der Waals surface area contributed by atoms with Gasteiger partial charge in [0.2, 0.25) is 0 Å². The second-order valence-electron chi connectivity index (χ2n) is 8.82. The second kappa shape index (κ2) is 11.5. The zero-order chi connectivity index (χ0) is 25.7. The lowest BCUT2D eigenvalue weighted by Crippen LogP contribution is -2.39. The van der Waals surface area contributed by atoms with Crippen LogP contribution in [0.25, 0.3) is 0 Å². The van der Waals surface area contributed by atoms with Crippen molar-refractivity contribution < 1.29 is 19.1 Å². The zero-order valence-electron chi connectivity index (χ0n) is 19.8. The van der Waals surface area contributed by atoms with E-state index in [0.29, 0.717) is 59.0 Å². The van der Waals surface area contributed by atoms with Crippen LogP contribution >= 0.6 is 11.6 Å². The minimum Gasteiger partial charge on any atom is -0.411 e. The van der Waals surface area contributed by atoms with Gasteiger partial charge in [-0.05, 0) is 55.2 Å². The fraction of sp³-hybridized carbons (Fsp3) is 0.296. The van der Waals surface area contributed by atoms with E-state index in [2.05, 4.69) is 15.5 Å². The first-order valence-electron chi connectivity index (χ1n) is 11.7. The average Bonchev–Trinajstić information content (AvgIpc) is 2.88. The van der Waals surface area contributed by atoms with Crippen molar-refractivity contribution in [3.8, 4) is 0 Å². The van der Waals surface area contributed by atoms with Crippen molar-refractivity contribution in [3.05, 3.63) is 104 Å². The van der Waals surface area contributed by atoms with Crippen LogP contribution in [0, 0.1) is 12.7 Å². The van der Waals surface area contributed by atoms with Gasteiger partial charge in [0.25, 0.3) is 11.5 Å². The molecule has 0 saturated carbocycles. The van der Waals surface area contributed by atoms with Crippen LogP contribution in [0.2, 0.25) is 5.02 Å². The first-order valence-corrected chi connectivity index (χ1v) is 12.1. The van der Waals surface area contributed by atoms with Gasteiger partial charge in [-0.1, -0.05) is 41.0 Å². The number of ether oxygens (including phenoxy) is 1. The van der Waals surface area contributed by atoms with E-state index in [1.54, 1.807) is 31.2 Å². The Hall–Kier alpha value is -3.49. The highest BCUT2D eigenvalue weighted by Crippen LogP contribution is 2.35. The van der Waals surface area contributed by atoms with Crippen LogP contribution in [-0.4, -0.2) is 41.1 Å². The number of aromatic nitrogens is 1. The smallest absolute Gasteiger partial charge is 0.254 e. The molecular weight excluding hydrogens is 485 g/mol. The number of nitrogens with one attached hydrogen (secondary N) is 2. The van der Waals surface area contributed by atoms with Crippen molar-refractivity contribution in [1.29, 1.82) is 0 Å². The number of hydrogen-bond acceptors (Lipinski definition) is 5. The van der Waals surface area contributed by atoms with E-state index < -0.39 is 17.6 Å². The number of halogens is 2. The van der Waals surface area contributed by atoms with E-state index in [1.165, 1.54) is 18.3 Å². The maximum Gasteiger partial charge on any atom is 0.254 e. The van der Waals surface area contributed by atoms with Crippen LogP contribution in [0.5, 0.6) is 0 Å². The van der Waals surface area contributed by atoms with Gasteiger partial charge >= 0.3 is 0 Å². The molecule has 2 heterocycles. The number of nitrogens with zero attached hydrogens (tertiary/aromatic N) is 1. The number of pyridine rings is 1. The molecule has 1 aliphatic heterocycles. The normalized spacial score (nSPS) is 15.5. The van der Waals surface area contributed by atoms with Gasteiger partial charge in [0, 0.05) is 53.9 Å². The molecule has 1 saturated heterocycles. The van der Waals surface area contributed by atoms with Gasteiger partial charge in [0.15, 0.2) is 0 Å². The number of carbonyl (C=O) groups excluding carboxylic acids is 1. The number of benzene rings is 2. The zero-order valence-corrected chi connectivity index (χ0v) is 20.5. The fourth-order valence-electron chi connectivity index (χ4n) is 4.38. The predicted molar refractivity (Wildman–Crippen MR) is 136 cm³/mol. The number of aryl methyl sites for hydroxylation is 1. The molecule has 0 aliphatic carbocycles. The third kappa shape index (κ3) is 5.83.